The molecule has 0 fully saturated rings. The summed E-state index contributed by atoms with van der Waals surface area (Å²) in [6, 6.07) is 1.44. The fraction of sp³-hybridized carbons (Fsp3) is 0.143. The first-order valence-corrected chi connectivity index (χ1v) is 2.87. The van der Waals surface area contributed by atoms with Gasteiger partial charge in [0, 0.05) is 12.1 Å². The molecule has 1 rings (SSSR count). The third kappa shape index (κ3) is 1.39. The Labute approximate surface area is 62.0 Å². The SMILES string of the molecule is COc1cc(F)c(O)cc1F. The molecule has 0 aliphatic carbocycles. The lowest BCUT2D eigenvalue weighted by atomic mass is 10.3. The third-order valence-electron chi connectivity index (χ3n) is 1.22. The Kier molecular flexibility index (Phi) is 1.94. The zero-order valence-electron chi connectivity index (χ0n) is 5.77. The van der Waals surface area contributed by atoms with Gasteiger partial charge in [0.05, 0.1) is 7.11 Å². The Morgan fingerprint density at radius 3 is 2.45 bits per heavy atom. The normalized spacial score (nSPS) is 9.73. The first-order valence-electron chi connectivity index (χ1n) is 2.87. The molecule has 0 saturated carbocycles. The van der Waals surface area contributed by atoms with Crippen LogP contribution in [0.4, 0.5) is 8.78 Å². The van der Waals surface area contributed by atoms with Gasteiger partial charge in [-0.3, -0.25) is 0 Å². The van der Waals surface area contributed by atoms with Crippen molar-refractivity contribution in [3.63, 3.8) is 0 Å². The van der Waals surface area contributed by atoms with Gasteiger partial charge in [0.2, 0.25) is 0 Å². The first kappa shape index (κ1) is 7.78. The number of benzene rings is 1. The molecule has 0 saturated heterocycles. The molecule has 1 aromatic rings. The molecule has 0 heterocycles. The highest BCUT2D eigenvalue weighted by atomic mass is 19.1. The number of ether oxygens (including phenoxy) is 1. The van der Waals surface area contributed by atoms with E-state index >= 15 is 0 Å². The molecule has 0 unspecified atom stereocenters. The maximum absolute atomic E-state index is 12.6. The van der Waals surface area contributed by atoms with Crippen LogP contribution in [0.15, 0.2) is 12.1 Å². The van der Waals surface area contributed by atoms with Gasteiger partial charge in [-0.05, 0) is 0 Å². The molecule has 60 valence electrons. The number of methoxy groups -OCH3 is 1. The Bertz CT molecular complexity index is 273. The minimum atomic E-state index is -0.900. The zero-order valence-corrected chi connectivity index (χ0v) is 5.77. The van der Waals surface area contributed by atoms with Crippen LogP contribution in [0.3, 0.4) is 0 Å². The smallest absolute Gasteiger partial charge is 0.168 e. The van der Waals surface area contributed by atoms with Gasteiger partial charge in [0.25, 0.3) is 0 Å². The molecular weight excluding hydrogens is 154 g/mol. The highest BCUT2D eigenvalue weighted by molar-refractivity contribution is 5.33. The fourth-order valence-electron chi connectivity index (χ4n) is 0.675. The molecule has 0 amide bonds. The second kappa shape index (κ2) is 2.74. The van der Waals surface area contributed by atoms with Gasteiger partial charge >= 0.3 is 0 Å². The van der Waals surface area contributed by atoms with Crippen molar-refractivity contribution >= 4 is 0 Å². The van der Waals surface area contributed by atoms with Crippen molar-refractivity contribution in [3.05, 3.63) is 23.8 Å². The van der Waals surface area contributed by atoms with Crippen LogP contribution in [-0.2, 0) is 0 Å². The van der Waals surface area contributed by atoms with Crippen molar-refractivity contribution in [2.45, 2.75) is 0 Å². The standard InChI is InChI=1S/C7H6F2O2/c1-11-7-3-4(8)6(10)2-5(7)9/h2-3,10H,1H3. The Morgan fingerprint density at radius 1 is 1.27 bits per heavy atom. The predicted octanol–water partition coefficient (Wildman–Crippen LogP) is 1.68. The van der Waals surface area contributed by atoms with E-state index in [4.69, 9.17) is 5.11 Å². The maximum Gasteiger partial charge on any atom is 0.168 e. The molecule has 0 aromatic heterocycles. The van der Waals surface area contributed by atoms with Crippen molar-refractivity contribution in [2.24, 2.45) is 0 Å². The molecule has 0 aliphatic rings. The van der Waals surface area contributed by atoms with Crippen molar-refractivity contribution in [2.75, 3.05) is 7.11 Å². The summed E-state index contributed by atoms with van der Waals surface area (Å²) in [6.45, 7) is 0. The maximum atomic E-state index is 12.6. The largest absolute Gasteiger partial charge is 0.505 e. The predicted molar refractivity (Wildman–Crippen MR) is 34.6 cm³/mol. The number of hydrogen-bond acceptors (Lipinski definition) is 2. The van der Waals surface area contributed by atoms with Gasteiger partial charge < -0.3 is 9.84 Å². The minimum Gasteiger partial charge on any atom is -0.505 e. The van der Waals surface area contributed by atoms with Crippen LogP contribution in [0.1, 0.15) is 0 Å². The summed E-state index contributed by atoms with van der Waals surface area (Å²) in [7, 11) is 1.22. The van der Waals surface area contributed by atoms with Gasteiger partial charge in [-0.1, -0.05) is 0 Å². The average Bonchev–Trinajstić information content (AvgIpc) is 1.97. The van der Waals surface area contributed by atoms with E-state index in [0.717, 1.165) is 6.07 Å². The van der Waals surface area contributed by atoms with Crippen LogP contribution in [0.5, 0.6) is 11.5 Å². The lowest BCUT2D eigenvalue weighted by Crippen LogP contribution is -1.89. The summed E-state index contributed by atoms with van der Waals surface area (Å²) < 4.78 is 29.5. The molecule has 4 heteroatoms. The van der Waals surface area contributed by atoms with E-state index in [9.17, 15) is 8.78 Å². The minimum absolute atomic E-state index is 0.222. The quantitative estimate of drug-likeness (QED) is 0.677. The van der Waals surface area contributed by atoms with Crippen LogP contribution < -0.4 is 4.74 Å². The van der Waals surface area contributed by atoms with Crippen molar-refractivity contribution < 1.29 is 18.6 Å². The second-order valence-electron chi connectivity index (χ2n) is 1.94. The second-order valence-corrected chi connectivity index (χ2v) is 1.94. The number of halogens is 2. The van der Waals surface area contributed by atoms with Gasteiger partial charge in [-0.25, -0.2) is 8.78 Å². The number of hydrogen-bond donors (Lipinski definition) is 1. The van der Waals surface area contributed by atoms with Crippen molar-refractivity contribution in [3.8, 4) is 11.5 Å². The molecule has 1 aromatic carbocycles. The van der Waals surface area contributed by atoms with E-state index in [1.165, 1.54) is 7.11 Å². The van der Waals surface area contributed by atoms with Crippen LogP contribution in [0.25, 0.3) is 0 Å². The first-order chi connectivity index (χ1) is 5.15. The van der Waals surface area contributed by atoms with Gasteiger partial charge in [-0.2, -0.15) is 0 Å². The van der Waals surface area contributed by atoms with Gasteiger partial charge in [0.15, 0.2) is 23.1 Å². The Morgan fingerprint density at radius 2 is 1.91 bits per heavy atom. The van der Waals surface area contributed by atoms with Crippen molar-refractivity contribution in [1.29, 1.82) is 0 Å². The molecule has 0 spiro atoms. The fourth-order valence-corrected chi connectivity index (χ4v) is 0.675. The highest BCUT2D eigenvalue weighted by Crippen LogP contribution is 2.24. The van der Waals surface area contributed by atoms with Crippen LogP contribution in [0, 0.1) is 11.6 Å². The summed E-state index contributed by atoms with van der Waals surface area (Å²) >= 11 is 0. The average molecular weight is 160 g/mol. The molecule has 0 radical (unpaired) electrons. The molecule has 2 nitrogen and oxygen atoms in total. The molecular formula is C7H6F2O2. The zero-order chi connectivity index (χ0) is 8.43. The highest BCUT2D eigenvalue weighted by Gasteiger charge is 2.08. The number of rotatable bonds is 1. The molecule has 11 heavy (non-hydrogen) atoms. The van der Waals surface area contributed by atoms with E-state index in [2.05, 4.69) is 4.74 Å². The van der Waals surface area contributed by atoms with Crippen LogP contribution in [-0.4, -0.2) is 12.2 Å². The number of aromatic hydroxyl groups is 1. The number of phenolic OH excluding ortho intramolecular Hbond substituents is 1. The third-order valence-corrected chi connectivity index (χ3v) is 1.22. The topological polar surface area (TPSA) is 29.5 Å². The molecule has 0 aliphatic heterocycles. The van der Waals surface area contributed by atoms with E-state index < -0.39 is 17.4 Å². The Balaban J connectivity index is 3.21. The number of phenols is 1. The molecule has 0 atom stereocenters. The van der Waals surface area contributed by atoms with Crippen molar-refractivity contribution in [1.82, 2.24) is 0 Å². The summed E-state index contributed by atoms with van der Waals surface area (Å²) in [5.74, 6) is -2.63. The molecule has 1 N–H and O–H groups in total. The monoisotopic (exact) mass is 160 g/mol. The summed E-state index contributed by atoms with van der Waals surface area (Å²) in [5.41, 5.74) is 0. The van der Waals surface area contributed by atoms with Crippen LogP contribution in [0.2, 0.25) is 0 Å². The summed E-state index contributed by atoms with van der Waals surface area (Å²) in [4.78, 5) is 0. The lowest BCUT2D eigenvalue weighted by Gasteiger charge is -2.01. The molecule has 0 bridgehead atoms. The van der Waals surface area contributed by atoms with E-state index in [1.54, 1.807) is 0 Å². The summed E-state index contributed by atoms with van der Waals surface area (Å²) in [5, 5.41) is 8.65. The van der Waals surface area contributed by atoms with E-state index in [-0.39, 0.29) is 5.75 Å². The Hall–Kier alpha value is -1.32. The van der Waals surface area contributed by atoms with E-state index in [0.29, 0.717) is 6.07 Å². The van der Waals surface area contributed by atoms with Gasteiger partial charge in [0.1, 0.15) is 0 Å². The van der Waals surface area contributed by atoms with Crippen LogP contribution >= 0.6 is 0 Å². The lowest BCUT2D eigenvalue weighted by molar-refractivity contribution is 0.371. The van der Waals surface area contributed by atoms with Gasteiger partial charge in [-0.15, -0.1) is 0 Å². The summed E-state index contributed by atoms with van der Waals surface area (Å²) in [6.07, 6.45) is 0. The van der Waals surface area contributed by atoms with E-state index in [1.807, 2.05) is 0 Å².